The molecule has 6 nitrogen and oxygen atoms in total. The van der Waals surface area contributed by atoms with Crippen LogP contribution < -0.4 is 15.4 Å². The standard InChI is InChI=1S/C14H18N2O4/c1-7(2)12-13(17)16(8(3)14(18)19)11-9(15)5-4-6-10(11)20-12/h4-8,12H,15H2,1-3H3,(H,18,19). The van der Waals surface area contributed by atoms with Crippen LogP contribution in [-0.2, 0) is 9.59 Å². The summed E-state index contributed by atoms with van der Waals surface area (Å²) in [5.41, 5.74) is 6.55. The van der Waals surface area contributed by atoms with Crippen molar-refractivity contribution in [3.8, 4) is 5.75 Å². The molecule has 2 unspecified atom stereocenters. The minimum absolute atomic E-state index is 0.0689. The third-order valence-corrected chi connectivity index (χ3v) is 3.36. The summed E-state index contributed by atoms with van der Waals surface area (Å²) >= 11 is 0. The Hall–Kier alpha value is -2.24. The number of nitrogens with zero attached hydrogens (tertiary/aromatic N) is 1. The average Bonchev–Trinajstić information content (AvgIpc) is 2.37. The van der Waals surface area contributed by atoms with Crippen LogP contribution in [-0.4, -0.2) is 29.1 Å². The van der Waals surface area contributed by atoms with Crippen LogP contribution in [0, 0.1) is 5.92 Å². The van der Waals surface area contributed by atoms with Gasteiger partial charge in [-0.1, -0.05) is 19.9 Å². The number of amides is 1. The molecule has 3 N–H and O–H groups in total. The highest BCUT2D eigenvalue weighted by Crippen LogP contribution is 2.41. The van der Waals surface area contributed by atoms with Gasteiger partial charge in [-0.25, -0.2) is 4.79 Å². The number of benzene rings is 1. The smallest absolute Gasteiger partial charge is 0.326 e. The summed E-state index contributed by atoms with van der Waals surface area (Å²) in [6.07, 6.45) is -0.703. The first-order valence-corrected chi connectivity index (χ1v) is 6.45. The number of carbonyl (C=O) groups is 2. The van der Waals surface area contributed by atoms with Crippen LogP contribution in [0.2, 0.25) is 0 Å². The number of nitrogens with two attached hydrogens (primary N) is 1. The summed E-state index contributed by atoms with van der Waals surface area (Å²) in [6.45, 7) is 5.16. The highest BCUT2D eigenvalue weighted by Gasteiger charge is 2.41. The van der Waals surface area contributed by atoms with Crippen molar-refractivity contribution in [2.24, 2.45) is 5.92 Å². The summed E-state index contributed by atoms with van der Waals surface area (Å²) in [6, 6.07) is 4.02. The van der Waals surface area contributed by atoms with Crippen LogP contribution in [0.3, 0.4) is 0 Å². The van der Waals surface area contributed by atoms with Crippen LogP contribution in [0.15, 0.2) is 18.2 Å². The molecule has 6 heteroatoms. The van der Waals surface area contributed by atoms with Crippen molar-refractivity contribution < 1.29 is 19.4 Å². The predicted molar refractivity (Wildman–Crippen MR) is 74.7 cm³/mol. The maximum absolute atomic E-state index is 12.5. The number of nitrogen functional groups attached to an aromatic ring is 1. The normalized spacial score (nSPS) is 19.5. The van der Waals surface area contributed by atoms with Crippen LogP contribution in [0.4, 0.5) is 11.4 Å². The Bertz CT molecular complexity index is 556. The molecule has 108 valence electrons. The number of carboxylic acid groups (broad SMARTS) is 1. The second-order valence-corrected chi connectivity index (χ2v) is 5.20. The van der Waals surface area contributed by atoms with Gasteiger partial charge < -0.3 is 15.6 Å². The van der Waals surface area contributed by atoms with Crippen molar-refractivity contribution in [3.63, 3.8) is 0 Å². The van der Waals surface area contributed by atoms with Gasteiger partial charge in [0.2, 0.25) is 0 Å². The van der Waals surface area contributed by atoms with E-state index in [1.807, 2.05) is 13.8 Å². The Morgan fingerprint density at radius 1 is 1.40 bits per heavy atom. The van der Waals surface area contributed by atoms with E-state index >= 15 is 0 Å². The fourth-order valence-corrected chi connectivity index (χ4v) is 2.24. The Balaban J connectivity index is 2.58. The average molecular weight is 278 g/mol. The summed E-state index contributed by atoms with van der Waals surface area (Å²) in [5, 5.41) is 9.22. The topological polar surface area (TPSA) is 92.9 Å². The molecule has 1 aromatic carbocycles. The molecule has 1 heterocycles. The molecular weight excluding hydrogens is 260 g/mol. The van der Waals surface area contributed by atoms with E-state index in [2.05, 4.69) is 0 Å². The SMILES string of the molecule is CC(C)C1Oc2cccc(N)c2N(C(C)C(=O)O)C1=O. The van der Waals surface area contributed by atoms with E-state index in [4.69, 9.17) is 10.5 Å². The van der Waals surface area contributed by atoms with Crippen LogP contribution >= 0.6 is 0 Å². The second-order valence-electron chi connectivity index (χ2n) is 5.20. The van der Waals surface area contributed by atoms with E-state index < -0.39 is 18.1 Å². The number of fused-ring (bicyclic) bond motifs is 1. The van der Waals surface area contributed by atoms with Gasteiger partial charge in [0.05, 0.1) is 5.69 Å². The lowest BCUT2D eigenvalue weighted by molar-refractivity contribution is -0.141. The molecule has 0 spiro atoms. The molecule has 0 saturated carbocycles. The highest BCUT2D eigenvalue weighted by molar-refractivity contribution is 6.06. The number of ether oxygens (including phenoxy) is 1. The van der Waals surface area contributed by atoms with Crippen molar-refractivity contribution in [1.82, 2.24) is 0 Å². The summed E-state index contributed by atoms with van der Waals surface area (Å²) < 4.78 is 5.68. The van der Waals surface area contributed by atoms with Crippen molar-refractivity contribution in [1.29, 1.82) is 0 Å². The van der Waals surface area contributed by atoms with Gasteiger partial charge in [0, 0.05) is 0 Å². The Kier molecular flexibility index (Phi) is 3.57. The third kappa shape index (κ3) is 2.17. The third-order valence-electron chi connectivity index (χ3n) is 3.36. The van der Waals surface area contributed by atoms with E-state index in [-0.39, 0.29) is 11.8 Å². The number of anilines is 2. The van der Waals surface area contributed by atoms with Crippen LogP contribution in [0.5, 0.6) is 5.75 Å². The van der Waals surface area contributed by atoms with Gasteiger partial charge in [-0.15, -0.1) is 0 Å². The molecule has 20 heavy (non-hydrogen) atoms. The van der Waals surface area contributed by atoms with Crippen LogP contribution in [0.1, 0.15) is 20.8 Å². The summed E-state index contributed by atoms with van der Waals surface area (Å²) in [4.78, 5) is 25.0. The molecule has 2 rings (SSSR count). The number of carboxylic acids is 1. The van der Waals surface area contributed by atoms with Crippen molar-refractivity contribution in [3.05, 3.63) is 18.2 Å². The molecular formula is C14H18N2O4. The molecule has 1 aliphatic rings. The molecule has 1 aromatic rings. The van der Waals surface area contributed by atoms with Crippen molar-refractivity contribution >= 4 is 23.3 Å². The maximum Gasteiger partial charge on any atom is 0.326 e. The van der Waals surface area contributed by atoms with Gasteiger partial charge in [0.1, 0.15) is 17.5 Å². The largest absolute Gasteiger partial charge is 0.480 e. The number of aliphatic carboxylic acids is 1. The van der Waals surface area contributed by atoms with Crippen LogP contribution in [0.25, 0.3) is 0 Å². The molecule has 0 fully saturated rings. The van der Waals surface area contributed by atoms with Crippen molar-refractivity contribution in [2.45, 2.75) is 32.9 Å². The lowest BCUT2D eigenvalue weighted by Crippen LogP contribution is -2.54. The quantitative estimate of drug-likeness (QED) is 0.817. The summed E-state index contributed by atoms with van der Waals surface area (Å²) in [7, 11) is 0. The fourth-order valence-electron chi connectivity index (χ4n) is 2.24. The molecule has 0 saturated heterocycles. The van der Waals surface area contributed by atoms with Gasteiger partial charge in [-0.2, -0.15) is 0 Å². The van der Waals surface area contributed by atoms with E-state index in [9.17, 15) is 14.7 Å². The minimum atomic E-state index is -1.09. The molecule has 1 aliphatic heterocycles. The zero-order valence-electron chi connectivity index (χ0n) is 11.7. The Morgan fingerprint density at radius 3 is 2.60 bits per heavy atom. The number of rotatable bonds is 3. The minimum Gasteiger partial charge on any atom is -0.480 e. The number of carbonyl (C=O) groups excluding carboxylic acids is 1. The lowest BCUT2D eigenvalue weighted by Gasteiger charge is -2.38. The highest BCUT2D eigenvalue weighted by atomic mass is 16.5. The van der Waals surface area contributed by atoms with Gasteiger partial charge in [0.15, 0.2) is 6.10 Å². The lowest BCUT2D eigenvalue weighted by atomic mass is 10.0. The molecule has 0 bridgehead atoms. The predicted octanol–water partition coefficient (Wildman–Crippen LogP) is 1.49. The van der Waals surface area contributed by atoms with Gasteiger partial charge in [-0.05, 0) is 25.0 Å². The molecule has 1 amide bonds. The molecule has 0 aromatic heterocycles. The number of hydrogen-bond acceptors (Lipinski definition) is 4. The molecule has 2 atom stereocenters. The first-order valence-electron chi connectivity index (χ1n) is 6.45. The van der Waals surface area contributed by atoms with Gasteiger partial charge in [0.25, 0.3) is 5.91 Å². The van der Waals surface area contributed by atoms with E-state index in [0.29, 0.717) is 17.1 Å². The summed E-state index contributed by atoms with van der Waals surface area (Å²) in [5.74, 6) is -1.09. The van der Waals surface area contributed by atoms with E-state index in [1.54, 1.807) is 18.2 Å². The first kappa shape index (κ1) is 14.2. The zero-order valence-corrected chi connectivity index (χ0v) is 11.7. The van der Waals surface area contributed by atoms with Gasteiger partial charge in [-0.3, -0.25) is 9.69 Å². The monoisotopic (exact) mass is 278 g/mol. The van der Waals surface area contributed by atoms with E-state index in [1.165, 1.54) is 11.8 Å². The first-order chi connectivity index (χ1) is 9.34. The molecule has 0 aliphatic carbocycles. The number of hydrogen-bond donors (Lipinski definition) is 2. The Labute approximate surface area is 117 Å². The zero-order chi connectivity index (χ0) is 15.0. The Morgan fingerprint density at radius 2 is 2.05 bits per heavy atom. The number of para-hydroxylation sites is 1. The van der Waals surface area contributed by atoms with E-state index in [0.717, 1.165) is 0 Å². The van der Waals surface area contributed by atoms with Gasteiger partial charge >= 0.3 is 5.97 Å². The maximum atomic E-state index is 12.5. The second kappa shape index (κ2) is 5.03. The molecule has 0 radical (unpaired) electrons. The van der Waals surface area contributed by atoms with Crippen molar-refractivity contribution in [2.75, 3.05) is 10.6 Å². The fraction of sp³-hybridized carbons (Fsp3) is 0.429.